The van der Waals surface area contributed by atoms with Crippen molar-refractivity contribution in [1.82, 2.24) is 20.3 Å². The summed E-state index contributed by atoms with van der Waals surface area (Å²) >= 11 is 5.95. The highest BCUT2D eigenvalue weighted by Crippen LogP contribution is 2.21. The summed E-state index contributed by atoms with van der Waals surface area (Å²) in [7, 11) is 1.84. The molecule has 0 saturated heterocycles. The Bertz CT molecular complexity index is 695. The van der Waals surface area contributed by atoms with Crippen LogP contribution in [-0.4, -0.2) is 26.9 Å². The van der Waals surface area contributed by atoms with E-state index in [0.29, 0.717) is 6.42 Å². The van der Waals surface area contributed by atoms with E-state index >= 15 is 0 Å². The first-order chi connectivity index (χ1) is 10.5. The van der Waals surface area contributed by atoms with Gasteiger partial charge in [0.25, 0.3) is 0 Å². The van der Waals surface area contributed by atoms with Crippen molar-refractivity contribution < 1.29 is 9.18 Å². The van der Waals surface area contributed by atoms with Crippen LogP contribution in [0.25, 0.3) is 0 Å². The van der Waals surface area contributed by atoms with Gasteiger partial charge in [0, 0.05) is 30.1 Å². The van der Waals surface area contributed by atoms with Crippen LogP contribution >= 0.6 is 11.6 Å². The Hall–Kier alpha value is -1.95. The van der Waals surface area contributed by atoms with Crippen LogP contribution in [0.4, 0.5) is 4.39 Å². The third kappa shape index (κ3) is 2.97. The molecule has 116 valence electrons. The van der Waals surface area contributed by atoms with Crippen LogP contribution in [0, 0.1) is 5.82 Å². The molecule has 3 rings (SSSR count). The SMILES string of the molecule is Cn1nnc2c1CC(NC(=O)Cc1c(F)cccc1Cl)CC2. The summed E-state index contributed by atoms with van der Waals surface area (Å²) in [6.07, 6.45) is 2.23. The van der Waals surface area contributed by atoms with Crippen molar-refractivity contribution in [1.29, 1.82) is 0 Å². The molecule has 1 amide bonds. The summed E-state index contributed by atoms with van der Waals surface area (Å²) in [5.74, 6) is -0.681. The summed E-state index contributed by atoms with van der Waals surface area (Å²) in [5.41, 5.74) is 2.27. The van der Waals surface area contributed by atoms with Gasteiger partial charge in [0.05, 0.1) is 17.8 Å². The van der Waals surface area contributed by atoms with Crippen LogP contribution in [0.3, 0.4) is 0 Å². The van der Waals surface area contributed by atoms with E-state index in [9.17, 15) is 9.18 Å². The van der Waals surface area contributed by atoms with Crippen molar-refractivity contribution in [3.05, 3.63) is 46.0 Å². The van der Waals surface area contributed by atoms with Gasteiger partial charge >= 0.3 is 0 Å². The fourth-order valence-corrected chi connectivity index (χ4v) is 3.00. The van der Waals surface area contributed by atoms with E-state index in [1.165, 1.54) is 12.1 Å². The lowest BCUT2D eigenvalue weighted by atomic mass is 9.95. The molecule has 0 radical (unpaired) electrons. The van der Waals surface area contributed by atoms with Gasteiger partial charge in [-0.05, 0) is 25.0 Å². The largest absolute Gasteiger partial charge is 0.353 e. The van der Waals surface area contributed by atoms with Gasteiger partial charge in [-0.15, -0.1) is 5.10 Å². The van der Waals surface area contributed by atoms with Crippen molar-refractivity contribution >= 4 is 17.5 Å². The Labute approximate surface area is 132 Å². The smallest absolute Gasteiger partial charge is 0.224 e. The van der Waals surface area contributed by atoms with Crippen LogP contribution in [-0.2, 0) is 31.1 Å². The molecular weight excluding hydrogens is 307 g/mol. The number of halogens is 2. The van der Waals surface area contributed by atoms with E-state index in [-0.39, 0.29) is 29.0 Å². The third-order valence-corrected chi connectivity index (χ3v) is 4.31. The molecule has 5 nitrogen and oxygen atoms in total. The van der Waals surface area contributed by atoms with Gasteiger partial charge in [0.15, 0.2) is 0 Å². The van der Waals surface area contributed by atoms with Crippen LogP contribution < -0.4 is 5.32 Å². The molecule has 1 unspecified atom stereocenters. The maximum Gasteiger partial charge on any atom is 0.224 e. The number of carbonyl (C=O) groups excluding carboxylic acids is 1. The lowest BCUT2D eigenvalue weighted by Gasteiger charge is -2.23. The first-order valence-electron chi connectivity index (χ1n) is 7.14. The summed E-state index contributed by atoms with van der Waals surface area (Å²) in [5, 5.41) is 11.3. The summed E-state index contributed by atoms with van der Waals surface area (Å²) < 4.78 is 15.5. The highest BCUT2D eigenvalue weighted by Gasteiger charge is 2.24. The Morgan fingerprint density at radius 1 is 1.55 bits per heavy atom. The number of hydrogen-bond acceptors (Lipinski definition) is 3. The highest BCUT2D eigenvalue weighted by atomic mass is 35.5. The van der Waals surface area contributed by atoms with Crippen LogP contribution in [0.15, 0.2) is 18.2 Å². The van der Waals surface area contributed by atoms with E-state index in [1.807, 2.05) is 7.05 Å². The molecule has 1 aromatic carbocycles. The van der Waals surface area contributed by atoms with Gasteiger partial charge in [0.2, 0.25) is 5.91 Å². The topological polar surface area (TPSA) is 59.8 Å². The second-order valence-corrected chi connectivity index (χ2v) is 5.90. The zero-order valence-electron chi connectivity index (χ0n) is 12.1. The molecule has 1 aromatic heterocycles. The summed E-state index contributed by atoms with van der Waals surface area (Å²) in [6, 6.07) is 4.43. The molecule has 1 aliphatic carbocycles. The molecule has 1 aliphatic rings. The molecule has 0 saturated carbocycles. The Balaban J connectivity index is 1.65. The molecule has 2 aromatic rings. The van der Waals surface area contributed by atoms with Crippen LogP contribution in [0.5, 0.6) is 0 Å². The van der Waals surface area contributed by atoms with Crippen molar-refractivity contribution in [3.8, 4) is 0 Å². The second kappa shape index (κ2) is 6.04. The van der Waals surface area contributed by atoms with Crippen LogP contribution in [0.2, 0.25) is 5.02 Å². The monoisotopic (exact) mass is 322 g/mol. The molecule has 22 heavy (non-hydrogen) atoms. The molecular formula is C15H16ClFN4O. The zero-order valence-corrected chi connectivity index (χ0v) is 12.9. The molecule has 1 atom stereocenters. The minimum atomic E-state index is -0.454. The maximum atomic E-state index is 13.7. The number of aromatic nitrogens is 3. The van der Waals surface area contributed by atoms with Crippen LogP contribution in [0.1, 0.15) is 23.4 Å². The Morgan fingerprint density at radius 3 is 3.14 bits per heavy atom. The van der Waals surface area contributed by atoms with E-state index in [0.717, 1.165) is 24.2 Å². The second-order valence-electron chi connectivity index (χ2n) is 5.49. The Morgan fingerprint density at radius 2 is 2.36 bits per heavy atom. The molecule has 7 heteroatoms. The van der Waals surface area contributed by atoms with E-state index in [1.54, 1.807) is 10.7 Å². The fraction of sp³-hybridized carbons (Fsp3) is 0.400. The number of carbonyl (C=O) groups is 1. The number of benzene rings is 1. The van der Waals surface area contributed by atoms with Gasteiger partial charge in [0.1, 0.15) is 5.82 Å². The molecule has 0 aliphatic heterocycles. The number of nitrogens with one attached hydrogen (secondary N) is 1. The molecule has 0 fully saturated rings. The number of hydrogen-bond donors (Lipinski definition) is 1. The predicted octanol–water partition coefficient (Wildman–Crippen LogP) is 1.82. The molecule has 1 heterocycles. The first kappa shape index (κ1) is 15.0. The summed E-state index contributed by atoms with van der Waals surface area (Å²) in [6.45, 7) is 0. The lowest BCUT2D eigenvalue weighted by molar-refractivity contribution is -0.121. The van der Waals surface area contributed by atoms with Crippen molar-refractivity contribution in [2.24, 2.45) is 7.05 Å². The normalized spacial score (nSPS) is 17.1. The van der Waals surface area contributed by atoms with Crippen molar-refractivity contribution in [2.45, 2.75) is 31.7 Å². The number of fused-ring (bicyclic) bond motifs is 1. The average Bonchev–Trinajstić information content (AvgIpc) is 2.84. The number of aryl methyl sites for hydroxylation is 2. The molecule has 0 bridgehead atoms. The maximum absolute atomic E-state index is 13.7. The minimum Gasteiger partial charge on any atom is -0.353 e. The zero-order chi connectivity index (χ0) is 15.7. The van der Waals surface area contributed by atoms with E-state index in [2.05, 4.69) is 15.6 Å². The molecule has 1 N–H and O–H groups in total. The van der Waals surface area contributed by atoms with Gasteiger partial charge in [-0.25, -0.2) is 4.39 Å². The quantitative estimate of drug-likeness (QED) is 0.937. The number of amides is 1. The van der Waals surface area contributed by atoms with Crippen molar-refractivity contribution in [3.63, 3.8) is 0 Å². The van der Waals surface area contributed by atoms with Crippen molar-refractivity contribution in [2.75, 3.05) is 0 Å². The van der Waals surface area contributed by atoms with Gasteiger partial charge in [-0.3, -0.25) is 9.48 Å². The third-order valence-electron chi connectivity index (χ3n) is 3.96. The first-order valence-corrected chi connectivity index (χ1v) is 7.52. The number of rotatable bonds is 3. The number of nitrogens with zero attached hydrogens (tertiary/aromatic N) is 3. The standard InChI is InChI=1S/C15H16ClFN4O/c1-21-14-7-9(5-6-13(14)19-20-21)18-15(22)8-10-11(16)3-2-4-12(10)17/h2-4,9H,5-8H2,1H3,(H,18,22). The predicted molar refractivity (Wildman–Crippen MR) is 80.1 cm³/mol. The minimum absolute atomic E-state index is 0.0164. The fourth-order valence-electron chi connectivity index (χ4n) is 2.77. The van der Waals surface area contributed by atoms with Gasteiger partial charge in [-0.2, -0.15) is 0 Å². The molecule has 0 spiro atoms. The van der Waals surface area contributed by atoms with E-state index in [4.69, 9.17) is 11.6 Å². The van der Waals surface area contributed by atoms with E-state index < -0.39 is 5.82 Å². The lowest BCUT2D eigenvalue weighted by Crippen LogP contribution is -2.40. The van der Waals surface area contributed by atoms with Gasteiger partial charge in [-0.1, -0.05) is 22.9 Å². The average molecular weight is 323 g/mol. The summed E-state index contributed by atoms with van der Waals surface area (Å²) in [4.78, 5) is 12.1. The Kier molecular flexibility index (Phi) is 4.11. The van der Waals surface area contributed by atoms with Gasteiger partial charge < -0.3 is 5.32 Å². The highest BCUT2D eigenvalue weighted by molar-refractivity contribution is 6.31.